The summed E-state index contributed by atoms with van der Waals surface area (Å²) in [5.41, 5.74) is 4.23. The minimum absolute atomic E-state index is 0.244. The summed E-state index contributed by atoms with van der Waals surface area (Å²) in [6.07, 6.45) is 0. The third-order valence-corrected chi connectivity index (χ3v) is 10.8. The molecule has 0 aliphatic carbocycles. The minimum Gasteiger partial charge on any atom is -0.404 e. The van der Waals surface area contributed by atoms with Crippen molar-refractivity contribution in [3.8, 4) is 23.0 Å². The Morgan fingerprint density at radius 2 is 0.595 bits per heavy atom. The molecule has 0 unspecified atom stereocenters. The van der Waals surface area contributed by atoms with Gasteiger partial charge in [0.1, 0.15) is 23.0 Å². The number of hydrogen-bond acceptors (Lipinski definition) is 6. The highest BCUT2D eigenvalue weighted by Gasteiger charge is 2.45. The Kier molecular flexibility index (Phi) is 9.10. The van der Waals surface area contributed by atoms with Gasteiger partial charge in [0.2, 0.25) is 0 Å². The summed E-state index contributed by atoms with van der Waals surface area (Å²) in [6, 6.07) is 29.3. The van der Waals surface area contributed by atoms with E-state index in [-0.39, 0.29) is 26.2 Å². The average molecular weight is 607 g/mol. The molecule has 1 saturated heterocycles. The van der Waals surface area contributed by atoms with E-state index in [1.54, 1.807) is 57.9 Å². The van der Waals surface area contributed by atoms with E-state index in [0.29, 0.717) is 23.0 Å². The fourth-order valence-electron chi connectivity index (χ4n) is 4.37. The third kappa shape index (κ3) is 7.45. The molecule has 0 spiro atoms. The Balaban J connectivity index is 1.38. The van der Waals surface area contributed by atoms with E-state index >= 15 is 0 Å². The molecule has 1 aliphatic heterocycles. The summed E-state index contributed by atoms with van der Waals surface area (Å²) in [6.45, 7) is 8.87. The van der Waals surface area contributed by atoms with E-state index in [9.17, 15) is 9.13 Å². The topological polar surface area (TPSA) is 77.5 Å². The second kappa shape index (κ2) is 12.8. The number of hydrogen-bond donors (Lipinski definition) is 0. The molecular formula is C32H36N2O6P2. The zero-order chi connectivity index (χ0) is 29.7. The molecule has 8 nitrogen and oxygen atoms in total. The molecule has 0 radical (unpaired) electrons. The van der Waals surface area contributed by atoms with E-state index < -0.39 is 15.5 Å². The fraction of sp³-hybridized carbons (Fsp3) is 0.250. The summed E-state index contributed by atoms with van der Waals surface area (Å²) in [4.78, 5) is 0. The van der Waals surface area contributed by atoms with Gasteiger partial charge in [0.15, 0.2) is 0 Å². The summed E-state index contributed by atoms with van der Waals surface area (Å²) in [5.74, 6) is 1.76. The van der Waals surface area contributed by atoms with Gasteiger partial charge in [-0.05, 0) is 76.2 Å². The van der Waals surface area contributed by atoms with Crippen LogP contribution in [0.4, 0.5) is 0 Å². The van der Waals surface area contributed by atoms with Gasteiger partial charge in [-0.2, -0.15) is 9.34 Å². The van der Waals surface area contributed by atoms with Gasteiger partial charge in [-0.15, -0.1) is 0 Å². The maximum atomic E-state index is 14.4. The van der Waals surface area contributed by atoms with Gasteiger partial charge in [0.25, 0.3) is 0 Å². The van der Waals surface area contributed by atoms with Crippen molar-refractivity contribution < 1.29 is 27.2 Å². The molecule has 0 saturated carbocycles. The Bertz CT molecular complexity index is 1340. The molecule has 42 heavy (non-hydrogen) atoms. The lowest BCUT2D eigenvalue weighted by atomic mass is 10.2. The van der Waals surface area contributed by atoms with Crippen molar-refractivity contribution in [3.63, 3.8) is 0 Å². The van der Waals surface area contributed by atoms with Gasteiger partial charge in [-0.1, -0.05) is 70.8 Å². The standard InChI is InChI=1S/C32H36N2O6P2/c1-25-5-13-29(14-6-25)37-41(35,38-30-15-7-26(2)8-16-30)33-21-23-34(24-22-33)42(36,39-31-17-9-27(3)10-18-31)40-32-19-11-28(4)12-20-32/h5-20H,21-24H2,1-4H3. The van der Waals surface area contributed by atoms with E-state index in [4.69, 9.17) is 18.1 Å². The highest BCUT2D eigenvalue weighted by atomic mass is 31.2. The van der Waals surface area contributed by atoms with Gasteiger partial charge in [-0.25, -0.2) is 9.13 Å². The molecule has 0 aromatic heterocycles. The van der Waals surface area contributed by atoms with E-state index in [2.05, 4.69) is 0 Å². The average Bonchev–Trinajstić information content (AvgIpc) is 2.98. The zero-order valence-electron chi connectivity index (χ0n) is 24.3. The largest absolute Gasteiger partial charge is 0.515 e. The summed E-state index contributed by atoms with van der Waals surface area (Å²) in [7, 11) is -7.71. The normalized spacial score (nSPS) is 14.8. The first kappa shape index (κ1) is 29.9. The molecule has 1 heterocycles. The molecule has 5 rings (SSSR count). The molecule has 1 fully saturated rings. The molecule has 220 valence electrons. The molecule has 1 aliphatic rings. The molecule has 0 bridgehead atoms. The van der Waals surface area contributed by atoms with Gasteiger partial charge in [-0.3, -0.25) is 0 Å². The van der Waals surface area contributed by atoms with Crippen LogP contribution in [0.5, 0.6) is 23.0 Å². The predicted molar refractivity (Wildman–Crippen MR) is 166 cm³/mol. The van der Waals surface area contributed by atoms with Crippen molar-refractivity contribution in [1.29, 1.82) is 0 Å². The van der Waals surface area contributed by atoms with Crippen LogP contribution in [0.3, 0.4) is 0 Å². The summed E-state index contributed by atoms with van der Waals surface area (Å²) in [5, 5.41) is 0. The predicted octanol–water partition coefficient (Wildman–Crippen LogP) is 8.37. The van der Waals surface area contributed by atoms with Crippen LogP contribution in [0.2, 0.25) is 0 Å². The second-order valence-corrected chi connectivity index (χ2v) is 14.2. The second-order valence-electron chi connectivity index (χ2n) is 10.5. The Morgan fingerprint density at radius 1 is 0.405 bits per heavy atom. The van der Waals surface area contributed by atoms with Crippen molar-refractivity contribution in [3.05, 3.63) is 119 Å². The summed E-state index contributed by atoms with van der Waals surface area (Å²) < 4.78 is 56.5. The number of nitrogens with zero attached hydrogens (tertiary/aromatic N) is 2. The maximum absolute atomic E-state index is 14.4. The van der Waals surface area contributed by atoms with Crippen LogP contribution in [0, 0.1) is 27.7 Å². The van der Waals surface area contributed by atoms with E-state index in [1.165, 1.54) is 0 Å². The Hall–Kier alpha value is -3.54. The molecule has 0 N–H and O–H groups in total. The zero-order valence-corrected chi connectivity index (χ0v) is 26.1. The lowest BCUT2D eigenvalue weighted by molar-refractivity contribution is 0.194. The lowest BCUT2D eigenvalue weighted by Gasteiger charge is -2.38. The van der Waals surface area contributed by atoms with Crippen LogP contribution in [0.1, 0.15) is 22.3 Å². The monoisotopic (exact) mass is 606 g/mol. The lowest BCUT2D eigenvalue weighted by Crippen LogP contribution is -2.45. The maximum Gasteiger partial charge on any atom is 0.515 e. The van der Waals surface area contributed by atoms with Crippen molar-refractivity contribution in [1.82, 2.24) is 9.34 Å². The first-order valence-corrected chi connectivity index (χ1v) is 16.9. The van der Waals surface area contributed by atoms with Crippen molar-refractivity contribution in [2.45, 2.75) is 27.7 Å². The van der Waals surface area contributed by atoms with Crippen molar-refractivity contribution in [2.24, 2.45) is 0 Å². The van der Waals surface area contributed by atoms with E-state index in [1.807, 2.05) is 76.2 Å². The smallest absolute Gasteiger partial charge is 0.404 e. The first-order chi connectivity index (χ1) is 20.1. The first-order valence-electron chi connectivity index (χ1n) is 13.9. The number of benzene rings is 4. The summed E-state index contributed by atoms with van der Waals surface area (Å²) >= 11 is 0. The third-order valence-electron chi connectivity index (χ3n) is 6.89. The van der Waals surface area contributed by atoms with Gasteiger partial charge in [0.05, 0.1) is 0 Å². The van der Waals surface area contributed by atoms with Gasteiger partial charge in [0, 0.05) is 26.2 Å². The van der Waals surface area contributed by atoms with Crippen LogP contribution in [-0.4, -0.2) is 35.5 Å². The molecule has 4 aromatic carbocycles. The SMILES string of the molecule is Cc1ccc(OP(=O)(Oc2ccc(C)cc2)N2CCN(P(=O)(Oc3ccc(C)cc3)Oc3ccc(C)cc3)CC2)cc1. The van der Waals surface area contributed by atoms with Crippen LogP contribution in [0.25, 0.3) is 0 Å². The van der Waals surface area contributed by atoms with Crippen LogP contribution >= 0.6 is 15.5 Å². The molecular weight excluding hydrogens is 570 g/mol. The molecule has 4 aromatic rings. The van der Waals surface area contributed by atoms with Crippen molar-refractivity contribution in [2.75, 3.05) is 26.2 Å². The Labute approximate surface area is 248 Å². The van der Waals surface area contributed by atoms with Gasteiger partial charge >= 0.3 is 15.5 Å². The molecule has 0 atom stereocenters. The van der Waals surface area contributed by atoms with Crippen LogP contribution in [-0.2, 0) is 9.13 Å². The number of aryl methyl sites for hydroxylation is 4. The highest BCUT2D eigenvalue weighted by molar-refractivity contribution is 7.52. The van der Waals surface area contributed by atoms with Gasteiger partial charge < -0.3 is 18.1 Å². The molecule has 0 amide bonds. The minimum atomic E-state index is -3.86. The fourth-order valence-corrected chi connectivity index (χ4v) is 7.80. The van der Waals surface area contributed by atoms with Crippen LogP contribution < -0.4 is 18.1 Å². The van der Waals surface area contributed by atoms with Crippen LogP contribution in [0.15, 0.2) is 97.1 Å². The quantitative estimate of drug-likeness (QED) is 0.167. The Morgan fingerprint density at radius 3 is 0.786 bits per heavy atom. The number of rotatable bonds is 10. The number of piperazine rings is 1. The van der Waals surface area contributed by atoms with E-state index in [0.717, 1.165) is 22.3 Å². The van der Waals surface area contributed by atoms with Crippen molar-refractivity contribution >= 4 is 15.5 Å². The highest BCUT2D eigenvalue weighted by Crippen LogP contribution is 2.56. The molecule has 10 heteroatoms.